The van der Waals surface area contributed by atoms with Gasteiger partial charge in [-0.15, -0.1) is 0 Å². The Kier molecular flexibility index (Phi) is 6.54. The van der Waals surface area contributed by atoms with E-state index in [2.05, 4.69) is 20.3 Å². The Morgan fingerprint density at radius 3 is 2.53 bits per heavy atom. The lowest BCUT2D eigenvalue weighted by molar-refractivity contribution is -0.165. The number of fused-ring (bicyclic) bond motifs is 1. The molecule has 12 heteroatoms. The predicted molar refractivity (Wildman–Crippen MR) is 113 cm³/mol. The van der Waals surface area contributed by atoms with E-state index in [0.717, 1.165) is 0 Å². The number of anilines is 2. The average Bonchev–Trinajstić information content (AvgIpc) is 3.23. The van der Waals surface area contributed by atoms with Gasteiger partial charge < -0.3 is 25.3 Å². The molecular formula is C20H29FN6O5. The molecule has 3 rings (SSSR count). The summed E-state index contributed by atoms with van der Waals surface area (Å²) in [5, 5.41) is 2.87. The predicted octanol–water partition coefficient (Wildman–Crippen LogP) is 1.84. The van der Waals surface area contributed by atoms with Crippen molar-refractivity contribution >= 4 is 34.9 Å². The first kappa shape index (κ1) is 23.6. The van der Waals surface area contributed by atoms with Gasteiger partial charge in [0.1, 0.15) is 12.7 Å². The van der Waals surface area contributed by atoms with Gasteiger partial charge in [0.15, 0.2) is 35.0 Å². The molecule has 1 fully saturated rings. The van der Waals surface area contributed by atoms with Gasteiger partial charge in [-0.25, -0.2) is 9.37 Å². The van der Waals surface area contributed by atoms with Gasteiger partial charge in [0.25, 0.3) is 0 Å². The second-order valence-electron chi connectivity index (χ2n) is 8.48. The van der Waals surface area contributed by atoms with Crippen LogP contribution in [0.2, 0.25) is 0 Å². The van der Waals surface area contributed by atoms with Crippen molar-refractivity contribution in [2.24, 2.45) is 11.8 Å². The molecule has 4 atom stereocenters. The minimum absolute atomic E-state index is 0.0349. The molecule has 32 heavy (non-hydrogen) atoms. The number of nitrogens with zero attached hydrogens (tertiary/aromatic N) is 4. The summed E-state index contributed by atoms with van der Waals surface area (Å²) in [6, 6.07) is 0. The van der Waals surface area contributed by atoms with Gasteiger partial charge in [-0.2, -0.15) is 9.97 Å². The van der Waals surface area contributed by atoms with Crippen molar-refractivity contribution in [2.45, 2.75) is 58.7 Å². The maximum Gasteiger partial charge on any atom is 0.308 e. The third-order valence-corrected chi connectivity index (χ3v) is 5.18. The summed E-state index contributed by atoms with van der Waals surface area (Å²) in [4.78, 5) is 36.8. The van der Waals surface area contributed by atoms with E-state index < -0.39 is 42.0 Å². The van der Waals surface area contributed by atoms with Crippen LogP contribution in [0.25, 0.3) is 11.2 Å². The molecule has 1 saturated heterocycles. The third-order valence-electron chi connectivity index (χ3n) is 5.18. The molecule has 0 spiro atoms. The number of halogens is 1. The van der Waals surface area contributed by atoms with E-state index in [0.29, 0.717) is 11.3 Å². The van der Waals surface area contributed by atoms with Gasteiger partial charge in [-0.1, -0.05) is 27.7 Å². The van der Waals surface area contributed by atoms with Crippen molar-refractivity contribution in [1.82, 2.24) is 19.5 Å². The molecule has 1 aliphatic heterocycles. The Balaban J connectivity index is 1.99. The fraction of sp³-hybridized carbons (Fsp3) is 0.650. The summed E-state index contributed by atoms with van der Waals surface area (Å²) in [7, 11) is 1.64. The van der Waals surface area contributed by atoms with Crippen LogP contribution in [0.15, 0.2) is 6.33 Å². The number of alkyl halides is 1. The maximum absolute atomic E-state index is 16.2. The molecular weight excluding hydrogens is 423 g/mol. The van der Waals surface area contributed by atoms with Crippen LogP contribution in [0.1, 0.15) is 40.8 Å². The highest BCUT2D eigenvalue weighted by Crippen LogP contribution is 2.44. The normalized spacial score (nSPS) is 25.5. The molecule has 3 N–H and O–H groups in total. The number of hydrogen-bond donors (Lipinski definition) is 2. The minimum Gasteiger partial charge on any atom is -0.463 e. The second kappa shape index (κ2) is 8.85. The number of rotatable bonds is 7. The van der Waals surface area contributed by atoms with Crippen molar-refractivity contribution in [3.8, 4) is 0 Å². The van der Waals surface area contributed by atoms with E-state index in [4.69, 9.17) is 19.9 Å². The molecule has 1 aliphatic rings. The first-order valence-electron chi connectivity index (χ1n) is 10.4. The highest BCUT2D eigenvalue weighted by atomic mass is 19.1. The number of nitrogens with one attached hydrogen (secondary N) is 1. The van der Waals surface area contributed by atoms with E-state index in [-0.39, 0.29) is 24.1 Å². The van der Waals surface area contributed by atoms with E-state index >= 15 is 4.39 Å². The fourth-order valence-corrected chi connectivity index (χ4v) is 3.40. The van der Waals surface area contributed by atoms with Crippen molar-refractivity contribution in [1.29, 1.82) is 0 Å². The molecule has 0 aliphatic carbocycles. The quantitative estimate of drug-likeness (QED) is 0.597. The number of carbonyl (C=O) groups is 2. The van der Waals surface area contributed by atoms with Crippen LogP contribution in [0.5, 0.6) is 0 Å². The molecule has 2 aromatic rings. The van der Waals surface area contributed by atoms with Gasteiger partial charge >= 0.3 is 11.9 Å². The third kappa shape index (κ3) is 4.31. The molecule has 0 amide bonds. The summed E-state index contributed by atoms with van der Waals surface area (Å²) in [6.45, 7) is 7.61. The number of nitrogen functional groups attached to an aromatic ring is 1. The second-order valence-corrected chi connectivity index (χ2v) is 8.48. The molecule has 0 aromatic carbocycles. The number of hydrogen-bond acceptors (Lipinski definition) is 10. The Labute approximate surface area is 184 Å². The highest BCUT2D eigenvalue weighted by Gasteiger charge is 2.58. The van der Waals surface area contributed by atoms with Gasteiger partial charge in [0.2, 0.25) is 5.95 Å². The number of carbonyl (C=O) groups excluding carboxylic acids is 2. The molecule has 0 bridgehead atoms. The van der Waals surface area contributed by atoms with E-state index in [1.54, 1.807) is 34.7 Å². The highest BCUT2D eigenvalue weighted by molar-refractivity contribution is 5.84. The number of imidazole rings is 1. The zero-order chi connectivity index (χ0) is 23.8. The molecule has 0 radical (unpaired) electrons. The van der Waals surface area contributed by atoms with Crippen LogP contribution in [-0.2, 0) is 23.8 Å². The Hall–Kier alpha value is -3.02. The Morgan fingerprint density at radius 2 is 1.94 bits per heavy atom. The zero-order valence-corrected chi connectivity index (χ0v) is 19.0. The largest absolute Gasteiger partial charge is 0.463 e. The first-order chi connectivity index (χ1) is 15.0. The monoisotopic (exact) mass is 452 g/mol. The Morgan fingerprint density at radius 1 is 1.28 bits per heavy atom. The van der Waals surface area contributed by atoms with Gasteiger partial charge in [-0.3, -0.25) is 14.2 Å². The number of esters is 2. The van der Waals surface area contributed by atoms with E-state index in [1.807, 2.05) is 0 Å². The van der Waals surface area contributed by atoms with Crippen LogP contribution in [-0.4, -0.2) is 63.0 Å². The van der Waals surface area contributed by atoms with Crippen LogP contribution in [0.4, 0.5) is 16.2 Å². The average molecular weight is 452 g/mol. The van der Waals surface area contributed by atoms with Crippen LogP contribution >= 0.6 is 0 Å². The zero-order valence-electron chi connectivity index (χ0n) is 19.0. The molecule has 176 valence electrons. The van der Waals surface area contributed by atoms with E-state index in [1.165, 1.54) is 17.8 Å². The minimum atomic E-state index is -2.20. The van der Waals surface area contributed by atoms with E-state index in [9.17, 15) is 9.59 Å². The standard InChI is InChI=1S/C20H29FN6O5/c1-9(2)16(28)30-7-11-13(32-17(29)10(3)4)20(5,21)18(31-11)27-8-24-12-14(23-6)25-19(22)26-15(12)27/h8-11,13,18H,7H2,1-6H3,(H3,22,23,25,26)/t11-,13-,18-,20-/m1/s1. The summed E-state index contributed by atoms with van der Waals surface area (Å²) in [6.07, 6.45) is -2.30. The summed E-state index contributed by atoms with van der Waals surface area (Å²) in [5.74, 6) is -1.59. The van der Waals surface area contributed by atoms with Crippen molar-refractivity contribution in [3.05, 3.63) is 6.33 Å². The molecule has 0 saturated carbocycles. The molecule has 0 unspecified atom stereocenters. The topological polar surface area (TPSA) is 143 Å². The fourth-order valence-electron chi connectivity index (χ4n) is 3.40. The summed E-state index contributed by atoms with van der Waals surface area (Å²) >= 11 is 0. The van der Waals surface area contributed by atoms with Crippen molar-refractivity contribution in [3.63, 3.8) is 0 Å². The molecule has 3 heterocycles. The smallest absolute Gasteiger partial charge is 0.308 e. The molecule has 11 nitrogen and oxygen atoms in total. The molecule has 2 aromatic heterocycles. The number of aromatic nitrogens is 4. The SMILES string of the molecule is CNc1nc(N)nc2c1ncn2[C@@H]1O[C@H](COC(=O)C(C)C)[C@@H](OC(=O)C(C)C)[C@@]1(C)F. The van der Waals surface area contributed by atoms with Crippen LogP contribution in [0.3, 0.4) is 0 Å². The maximum atomic E-state index is 16.2. The lowest BCUT2D eigenvalue weighted by Gasteiger charge is -2.28. The lowest BCUT2D eigenvalue weighted by Crippen LogP contribution is -2.45. The van der Waals surface area contributed by atoms with Crippen LogP contribution in [0, 0.1) is 11.8 Å². The van der Waals surface area contributed by atoms with Crippen molar-refractivity contribution in [2.75, 3.05) is 24.7 Å². The number of nitrogens with two attached hydrogens (primary N) is 1. The Bertz CT molecular complexity index is 1010. The van der Waals surface area contributed by atoms with Gasteiger partial charge in [0, 0.05) is 7.05 Å². The van der Waals surface area contributed by atoms with Crippen LogP contribution < -0.4 is 11.1 Å². The summed E-state index contributed by atoms with van der Waals surface area (Å²) < 4.78 is 34.2. The van der Waals surface area contributed by atoms with Gasteiger partial charge in [0.05, 0.1) is 18.2 Å². The van der Waals surface area contributed by atoms with Crippen molar-refractivity contribution < 1.29 is 28.2 Å². The lowest BCUT2D eigenvalue weighted by atomic mass is 9.98. The number of ether oxygens (including phenoxy) is 3. The summed E-state index contributed by atoms with van der Waals surface area (Å²) in [5.41, 5.74) is 4.20. The van der Waals surface area contributed by atoms with Gasteiger partial charge in [-0.05, 0) is 6.92 Å². The first-order valence-corrected chi connectivity index (χ1v) is 10.4.